The molecule has 0 aliphatic carbocycles. The molecule has 110 valence electrons. The highest BCUT2D eigenvalue weighted by Gasteiger charge is 2.18. The van der Waals surface area contributed by atoms with Crippen molar-refractivity contribution in [2.24, 2.45) is 5.73 Å². The maximum Gasteiger partial charge on any atom is 0.317 e. The number of aliphatic hydroxyl groups excluding tert-OH is 1. The maximum absolute atomic E-state index is 10.9. The second-order valence-corrected chi connectivity index (χ2v) is 4.32. The van der Waals surface area contributed by atoms with Crippen LogP contribution in [0.15, 0.2) is 24.3 Å². The van der Waals surface area contributed by atoms with Crippen LogP contribution in [0.3, 0.4) is 0 Å². The summed E-state index contributed by atoms with van der Waals surface area (Å²) in [4.78, 5) is 22.9. The molecule has 7 heteroatoms. The van der Waals surface area contributed by atoms with E-state index in [9.17, 15) is 14.7 Å². The number of carboxylic acids is 1. The number of amides is 1. The number of nitrogens with zero attached hydrogens (tertiary/aromatic N) is 1. The average Bonchev–Trinajstić information content (AvgIpc) is 2.37. The third-order valence-corrected chi connectivity index (χ3v) is 2.65. The number of ether oxygens (including phenoxy) is 1. The molecule has 0 bridgehead atoms. The molecule has 1 aromatic rings. The number of aliphatic hydroxyl groups is 1. The Balaban J connectivity index is 2.75. The zero-order chi connectivity index (χ0) is 15.1. The summed E-state index contributed by atoms with van der Waals surface area (Å²) >= 11 is 0. The molecule has 1 atom stereocenters. The summed E-state index contributed by atoms with van der Waals surface area (Å²) < 4.78 is 5.05. The van der Waals surface area contributed by atoms with Gasteiger partial charge in [-0.05, 0) is 17.7 Å². The predicted octanol–water partition coefficient (Wildman–Crippen LogP) is -0.399. The van der Waals surface area contributed by atoms with Gasteiger partial charge in [0.25, 0.3) is 0 Å². The second kappa shape index (κ2) is 7.46. The Morgan fingerprint density at radius 1 is 1.40 bits per heavy atom. The topological polar surface area (TPSA) is 113 Å². The van der Waals surface area contributed by atoms with Gasteiger partial charge >= 0.3 is 5.97 Å². The molecule has 4 N–H and O–H groups in total. The van der Waals surface area contributed by atoms with Crippen molar-refractivity contribution in [2.45, 2.75) is 6.10 Å². The number of rotatable bonds is 8. The van der Waals surface area contributed by atoms with E-state index in [1.54, 1.807) is 24.3 Å². The van der Waals surface area contributed by atoms with Crippen LogP contribution in [-0.2, 0) is 9.59 Å². The second-order valence-electron chi connectivity index (χ2n) is 4.32. The molecule has 0 aliphatic heterocycles. The fourth-order valence-electron chi connectivity index (χ4n) is 1.80. The van der Waals surface area contributed by atoms with Crippen molar-refractivity contribution in [2.75, 3.05) is 26.7 Å². The number of carbonyl (C=O) groups is 2. The van der Waals surface area contributed by atoms with Gasteiger partial charge in [-0.1, -0.05) is 12.1 Å². The van der Waals surface area contributed by atoms with Gasteiger partial charge in [0.05, 0.1) is 26.3 Å². The van der Waals surface area contributed by atoms with Gasteiger partial charge in [0, 0.05) is 6.54 Å². The summed E-state index contributed by atoms with van der Waals surface area (Å²) in [5, 5.41) is 18.9. The highest BCUT2D eigenvalue weighted by Crippen LogP contribution is 2.19. The van der Waals surface area contributed by atoms with E-state index in [4.69, 9.17) is 15.6 Å². The monoisotopic (exact) mass is 282 g/mol. The third kappa shape index (κ3) is 5.25. The minimum absolute atomic E-state index is 0.0115. The normalized spacial score (nSPS) is 12.2. The minimum atomic E-state index is -1.09. The molecule has 0 aliphatic rings. The number of carbonyl (C=O) groups excluding carboxylic acids is 1. The molecule has 0 aromatic heterocycles. The molecule has 1 aromatic carbocycles. The van der Waals surface area contributed by atoms with E-state index in [-0.39, 0.29) is 19.6 Å². The Labute approximate surface area is 116 Å². The van der Waals surface area contributed by atoms with Gasteiger partial charge in [0.15, 0.2) is 0 Å². The number of carboxylic acid groups (broad SMARTS) is 1. The van der Waals surface area contributed by atoms with E-state index in [2.05, 4.69) is 0 Å². The van der Waals surface area contributed by atoms with Crippen LogP contribution in [0.4, 0.5) is 0 Å². The average molecular weight is 282 g/mol. The molecular formula is C13H18N2O5. The zero-order valence-corrected chi connectivity index (χ0v) is 11.2. The Kier molecular flexibility index (Phi) is 5.95. The molecule has 1 rings (SSSR count). The lowest BCUT2D eigenvalue weighted by molar-refractivity contribution is -0.139. The van der Waals surface area contributed by atoms with Crippen LogP contribution in [0.1, 0.15) is 11.7 Å². The fraction of sp³-hybridized carbons (Fsp3) is 0.385. The lowest BCUT2D eigenvalue weighted by Gasteiger charge is -2.22. The highest BCUT2D eigenvalue weighted by atomic mass is 16.5. The van der Waals surface area contributed by atoms with Crippen LogP contribution < -0.4 is 10.5 Å². The first-order valence-corrected chi connectivity index (χ1v) is 5.97. The van der Waals surface area contributed by atoms with Crippen molar-refractivity contribution < 1.29 is 24.5 Å². The summed E-state index contributed by atoms with van der Waals surface area (Å²) in [6, 6.07) is 6.78. The number of aliphatic carboxylic acids is 1. The predicted molar refractivity (Wildman–Crippen MR) is 71.2 cm³/mol. The molecule has 0 radical (unpaired) electrons. The van der Waals surface area contributed by atoms with Crippen molar-refractivity contribution in [3.8, 4) is 5.75 Å². The van der Waals surface area contributed by atoms with Crippen molar-refractivity contribution in [1.29, 1.82) is 0 Å². The van der Waals surface area contributed by atoms with E-state index in [0.29, 0.717) is 11.3 Å². The largest absolute Gasteiger partial charge is 0.497 e. The minimum Gasteiger partial charge on any atom is -0.497 e. The molecule has 0 heterocycles. The number of primary amides is 1. The number of benzene rings is 1. The van der Waals surface area contributed by atoms with Gasteiger partial charge in [-0.3, -0.25) is 14.5 Å². The Bertz CT molecular complexity index is 462. The molecule has 1 amide bonds. The first-order valence-electron chi connectivity index (χ1n) is 5.97. The van der Waals surface area contributed by atoms with Gasteiger partial charge in [0.1, 0.15) is 5.75 Å². The fourth-order valence-corrected chi connectivity index (χ4v) is 1.80. The summed E-state index contributed by atoms with van der Waals surface area (Å²) in [6.45, 7) is -0.611. The highest BCUT2D eigenvalue weighted by molar-refractivity contribution is 5.77. The Morgan fingerprint density at radius 3 is 2.65 bits per heavy atom. The first kappa shape index (κ1) is 15.9. The van der Waals surface area contributed by atoms with E-state index in [1.807, 2.05) is 0 Å². The van der Waals surface area contributed by atoms with Crippen molar-refractivity contribution in [1.82, 2.24) is 4.90 Å². The molecular weight excluding hydrogens is 264 g/mol. The van der Waals surface area contributed by atoms with Crippen LogP contribution in [0.2, 0.25) is 0 Å². The standard InChI is InChI=1S/C13H18N2O5/c1-20-10-4-2-3-9(5-10)11(16)6-15(7-12(14)17)8-13(18)19/h2-5,11,16H,6-8H2,1H3,(H2,14,17)(H,18,19). The summed E-state index contributed by atoms with van der Waals surface area (Å²) in [7, 11) is 1.51. The number of hydrogen-bond acceptors (Lipinski definition) is 5. The van der Waals surface area contributed by atoms with E-state index < -0.39 is 18.0 Å². The first-order chi connectivity index (χ1) is 9.42. The maximum atomic E-state index is 10.9. The van der Waals surface area contributed by atoms with Crippen LogP contribution in [-0.4, -0.2) is 53.7 Å². The SMILES string of the molecule is COc1cccc(C(O)CN(CC(N)=O)CC(=O)O)c1. The molecule has 7 nitrogen and oxygen atoms in total. The van der Waals surface area contributed by atoms with E-state index >= 15 is 0 Å². The Hall–Kier alpha value is -2.12. The summed E-state index contributed by atoms with van der Waals surface area (Å²) in [6.07, 6.45) is -0.941. The van der Waals surface area contributed by atoms with E-state index in [0.717, 1.165) is 0 Å². The van der Waals surface area contributed by atoms with Gasteiger partial charge in [0.2, 0.25) is 5.91 Å². The number of methoxy groups -OCH3 is 1. The lowest BCUT2D eigenvalue weighted by Crippen LogP contribution is -2.39. The molecule has 0 fully saturated rings. The summed E-state index contributed by atoms with van der Waals surface area (Å²) in [5.74, 6) is -1.16. The van der Waals surface area contributed by atoms with E-state index in [1.165, 1.54) is 12.0 Å². The number of nitrogens with two attached hydrogens (primary N) is 1. The van der Waals surface area contributed by atoms with Crippen LogP contribution in [0.25, 0.3) is 0 Å². The lowest BCUT2D eigenvalue weighted by atomic mass is 10.1. The van der Waals surface area contributed by atoms with Gasteiger partial charge in [-0.25, -0.2) is 0 Å². The zero-order valence-electron chi connectivity index (χ0n) is 11.2. The van der Waals surface area contributed by atoms with Crippen LogP contribution in [0, 0.1) is 0 Å². The van der Waals surface area contributed by atoms with Crippen molar-refractivity contribution >= 4 is 11.9 Å². The molecule has 0 spiro atoms. The molecule has 20 heavy (non-hydrogen) atoms. The van der Waals surface area contributed by atoms with Crippen molar-refractivity contribution in [3.05, 3.63) is 29.8 Å². The smallest absolute Gasteiger partial charge is 0.317 e. The third-order valence-electron chi connectivity index (χ3n) is 2.65. The van der Waals surface area contributed by atoms with Crippen LogP contribution >= 0.6 is 0 Å². The van der Waals surface area contributed by atoms with Gasteiger partial charge < -0.3 is 20.7 Å². The van der Waals surface area contributed by atoms with Gasteiger partial charge in [-0.15, -0.1) is 0 Å². The van der Waals surface area contributed by atoms with Gasteiger partial charge in [-0.2, -0.15) is 0 Å². The molecule has 0 saturated heterocycles. The summed E-state index contributed by atoms with van der Waals surface area (Å²) in [5.41, 5.74) is 5.63. The van der Waals surface area contributed by atoms with Crippen LogP contribution in [0.5, 0.6) is 5.75 Å². The Morgan fingerprint density at radius 2 is 2.10 bits per heavy atom. The quantitative estimate of drug-likeness (QED) is 0.598. The molecule has 0 saturated carbocycles. The van der Waals surface area contributed by atoms with Crippen molar-refractivity contribution in [3.63, 3.8) is 0 Å². The molecule has 1 unspecified atom stereocenters. The number of hydrogen-bond donors (Lipinski definition) is 3.